The highest BCUT2D eigenvalue weighted by Gasteiger charge is 2.01. The van der Waals surface area contributed by atoms with Gasteiger partial charge in [-0.3, -0.25) is 5.10 Å². The Hall–Kier alpha value is -0.950. The minimum atomic E-state index is 0.630. The topological polar surface area (TPSA) is 41.6 Å². The number of hydrogen-bond donors (Lipinski definition) is 1. The number of unbranched alkanes of at least 4 members (excludes halogenated alkanes) is 1. The van der Waals surface area contributed by atoms with Crippen LogP contribution in [-0.4, -0.2) is 20.9 Å². The van der Waals surface area contributed by atoms with Crippen LogP contribution in [0.25, 0.3) is 0 Å². The molecule has 0 aliphatic rings. The minimum absolute atomic E-state index is 0.630. The first kappa shape index (κ1) is 10.1. The highest BCUT2D eigenvalue weighted by molar-refractivity contribution is 7.99. The van der Waals surface area contributed by atoms with Crippen LogP contribution in [0.1, 0.15) is 25.6 Å². The molecule has 0 saturated carbocycles. The molecule has 0 aromatic carbocycles. The molecule has 0 aliphatic carbocycles. The molecule has 1 N–H and O–H groups in total. The lowest BCUT2D eigenvalue weighted by Gasteiger charge is -1.90. The maximum Gasteiger partial charge on any atom is 0.209 e. The van der Waals surface area contributed by atoms with E-state index in [4.69, 9.17) is 6.42 Å². The Morgan fingerprint density at radius 3 is 3.15 bits per heavy atom. The summed E-state index contributed by atoms with van der Waals surface area (Å²) in [5, 5.41) is 7.69. The summed E-state index contributed by atoms with van der Waals surface area (Å²) in [7, 11) is 0. The third kappa shape index (κ3) is 3.51. The van der Waals surface area contributed by atoms with Gasteiger partial charge in [0.15, 0.2) is 0 Å². The van der Waals surface area contributed by atoms with Crippen molar-refractivity contribution in [2.45, 2.75) is 31.3 Å². The number of nitrogens with one attached hydrogen (secondary N) is 1. The fraction of sp³-hybridized carbons (Fsp3) is 0.556. The first-order valence-electron chi connectivity index (χ1n) is 4.34. The number of rotatable bonds is 5. The molecular weight excluding hydrogens is 182 g/mol. The van der Waals surface area contributed by atoms with Gasteiger partial charge in [0, 0.05) is 6.42 Å². The summed E-state index contributed by atoms with van der Waals surface area (Å²) in [6.45, 7) is 2.16. The van der Waals surface area contributed by atoms with Crippen molar-refractivity contribution in [2.75, 3.05) is 5.75 Å². The van der Waals surface area contributed by atoms with Crippen molar-refractivity contribution < 1.29 is 0 Å². The molecule has 0 amide bonds. The van der Waals surface area contributed by atoms with Crippen molar-refractivity contribution in [2.24, 2.45) is 0 Å². The second-order valence-corrected chi connectivity index (χ2v) is 3.60. The van der Waals surface area contributed by atoms with E-state index in [0.717, 1.165) is 23.8 Å². The number of aryl methyl sites for hydroxylation is 1. The standard InChI is InChI=1S/C9H13N3S/c1-3-5-6-8-10-9(12-11-8)13-7-4-2/h2H,3,5-7H2,1H3,(H,10,11,12). The van der Waals surface area contributed by atoms with Crippen LogP contribution >= 0.6 is 11.8 Å². The lowest BCUT2D eigenvalue weighted by Crippen LogP contribution is -1.86. The normalized spacial score (nSPS) is 9.85. The van der Waals surface area contributed by atoms with E-state index in [1.807, 2.05) is 0 Å². The molecule has 3 nitrogen and oxygen atoms in total. The predicted octanol–water partition coefficient (Wildman–Crippen LogP) is 1.87. The molecule has 1 rings (SSSR count). The van der Waals surface area contributed by atoms with Gasteiger partial charge in [0.25, 0.3) is 0 Å². The number of nitrogens with zero attached hydrogens (tertiary/aromatic N) is 2. The quantitative estimate of drug-likeness (QED) is 0.576. The molecule has 0 fully saturated rings. The molecule has 0 atom stereocenters. The average molecular weight is 195 g/mol. The van der Waals surface area contributed by atoms with Crippen LogP contribution < -0.4 is 0 Å². The van der Waals surface area contributed by atoms with E-state index >= 15 is 0 Å². The van der Waals surface area contributed by atoms with Crippen LogP contribution in [0.2, 0.25) is 0 Å². The average Bonchev–Trinajstić information content (AvgIpc) is 2.59. The molecule has 1 aromatic heterocycles. The summed E-state index contributed by atoms with van der Waals surface area (Å²) in [4.78, 5) is 4.29. The largest absolute Gasteiger partial charge is 0.262 e. The number of aromatic amines is 1. The number of terminal acetylenes is 1. The van der Waals surface area contributed by atoms with Gasteiger partial charge >= 0.3 is 0 Å². The maximum absolute atomic E-state index is 5.13. The second kappa shape index (κ2) is 5.65. The smallest absolute Gasteiger partial charge is 0.209 e. The first-order valence-corrected chi connectivity index (χ1v) is 5.33. The van der Waals surface area contributed by atoms with Gasteiger partial charge < -0.3 is 0 Å². The Morgan fingerprint density at radius 1 is 1.62 bits per heavy atom. The van der Waals surface area contributed by atoms with Gasteiger partial charge in [-0.25, -0.2) is 4.98 Å². The van der Waals surface area contributed by atoms with Gasteiger partial charge in [-0.2, -0.15) is 0 Å². The van der Waals surface area contributed by atoms with Gasteiger partial charge in [0.05, 0.1) is 5.75 Å². The molecular formula is C9H13N3S. The highest BCUT2D eigenvalue weighted by atomic mass is 32.2. The van der Waals surface area contributed by atoms with Crippen LogP contribution in [-0.2, 0) is 6.42 Å². The van der Waals surface area contributed by atoms with Crippen LogP contribution in [0, 0.1) is 12.3 Å². The summed E-state index contributed by atoms with van der Waals surface area (Å²) in [6.07, 6.45) is 8.42. The summed E-state index contributed by atoms with van der Waals surface area (Å²) in [5.41, 5.74) is 0. The molecule has 13 heavy (non-hydrogen) atoms. The predicted molar refractivity (Wildman–Crippen MR) is 54.6 cm³/mol. The van der Waals surface area contributed by atoms with Crippen molar-refractivity contribution in [1.82, 2.24) is 15.2 Å². The van der Waals surface area contributed by atoms with E-state index in [1.54, 1.807) is 0 Å². The van der Waals surface area contributed by atoms with E-state index in [1.165, 1.54) is 18.2 Å². The molecule has 1 aromatic rings. The second-order valence-electron chi connectivity index (χ2n) is 2.66. The Bertz CT molecular complexity index is 287. The van der Waals surface area contributed by atoms with E-state index in [2.05, 4.69) is 28.0 Å². The lowest BCUT2D eigenvalue weighted by atomic mass is 10.2. The fourth-order valence-electron chi connectivity index (χ4n) is 0.905. The lowest BCUT2D eigenvalue weighted by molar-refractivity contribution is 0.755. The van der Waals surface area contributed by atoms with E-state index in [0.29, 0.717) is 5.75 Å². The Balaban J connectivity index is 2.40. The molecule has 1 heterocycles. The molecule has 0 aliphatic heterocycles. The van der Waals surface area contributed by atoms with Gasteiger partial charge in [-0.15, -0.1) is 11.5 Å². The van der Waals surface area contributed by atoms with Crippen LogP contribution in [0.3, 0.4) is 0 Å². The van der Waals surface area contributed by atoms with Crippen LogP contribution in [0.5, 0.6) is 0 Å². The molecule has 0 spiro atoms. The zero-order chi connectivity index (χ0) is 9.52. The third-order valence-electron chi connectivity index (χ3n) is 1.56. The van der Waals surface area contributed by atoms with Crippen molar-refractivity contribution in [3.63, 3.8) is 0 Å². The summed E-state index contributed by atoms with van der Waals surface area (Å²) >= 11 is 1.49. The van der Waals surface area contributed by atoms with E-state index < -0.39 is 0 Å². The summed E-state index contributed by atoms with van der Waals surface area (Å²) in [5.74, 6) is 4.13. The maximum atomic E-state index is 5.13. The van der Waals surface area contributed by atoms with Crippen molar-refractivity contribution >= 4 is 11.8 Å². The summed E-state index contributed by atoms with van der Waals surface area (Å²) < 4.78 is 0. The van der Waals surface area contributed by atoms with Crippen molar-refractivity contribution in [3.8, 4) is 12.3 Å². The van der Waals surface area contributed by atoms with Gasteiger partial charge in [0.2, 0.25) is 5.16 Å². The SMILES string of the molecule is C#CCSc1n[nH]c(CCCC)n1. The number of thioether (sulfide) groups is 1. The minimum Gasteiger partial charge on any atom is -0.262 e. The Morgan fingerprint density at radius 2 is 2.46 bits per heavy atom. The zero-order valence-electron chi connectivity index (χ0n) is 7.71. The van der Waals surface area contributed by atoms with Crippen molar-refractivity contribution in [1.29, 1.82) is 0 Å². The molecule has 0 saturated heterocycles. The Kier molecular flexibility index (Phi) is 4.41. The van der Waals surface area contributed by atoms with Crippen LogP contribution in [0.4, 0.5) is 0 Å². The monoisotopic (exact) mass is 195 g/mol. The van der Waals surface area contributed by atoms with Gasteiger partial charge in [-0.05, 0) is 6.42 Å². The zero-order valence-corrected chi connectivity index (χ0v) is 8.52. The first-order chi connectivity index (χ1) is 6.36. The molecule has 0 radical (unpaired) electrons. The molecule has 0 unspecified atom stereocenters. The van der Waals surface area contributed by atoms with Gasteiger partial charge in [0.1, 0.15) is 5.82 Å². The number of H-pyrrole nitrogens is 1. The van der Waals surface area contributed by atoms with E-state index in [-0.39, 0.29) is 0 Å². The van der Waals surface area contributed by atoms with Crippen molar-refractivity contribution in [3.05, 3.63) is 5.82 Å². The highest BCUT2D eigenvalue weighted by Crippen LogP contribution is 2.11. The molecule has 0 bridgehead atoms. The molecule has 70 valence electrons. The molecule has 4 heteroatoms. The fourth-order valence-corrected chi connectivity index (χ4v) is 1.40. The van der Waals surface area contributed by atoms with E-state index in [9.17, 15) is 0 Å². The Labute approximate surface area is 82.7 Å². The number of hydrogen-bond acceptors (Lipinski definition) is 3. The van der Waals surface area contributed by atoms with Crippen LogP contribution in [0.15, 0.2) is 5.16 Å². The summed E-state index contributed by atoms with van der Waals surface area (Å²) in [6, 6.07) is 0. The third-order valence-corrected chi connectivity index (χ3v) is 2.31. The van der Waals surface area contributed by atoms with Gasteiger partial charge in [-0.1, -0.05) is 31.0 Å². The number of aromatic nitrogens is 3.